The molecule has 3 N–H and O–H groups in total. The molecule has 1 aliphatic carbocycles. The Morgan fingerprint density at radius 1 is 1.29 bits per heavy atom. The third-order valence-electron chi connectivity index (χ3n) is 7.44. The summed E-state index contributed by atoms with van der Waals surface area (Å²) in [4.78, 5) is 20.6. The zero-order valence-electron chi connectivity index (χ0n) is 19.9. The van der Waals surface area contributed by atoms with Crippen molar-refractivity contribution in [1.82, 2.24) is 15.1 Å². The quantitative estimate of drug-likeness (QED) is 0.371. The van der Waals surface area contributed by atoms with E-state index >= 15 is 0 Å². The van der Waals surface area contributed by atoms with E-state index in [4.69, 9.17) is 10.5 Å². The zero-order valence-corrected chi connectivity index (χ0v) is 19.9. The number of hydrogen-bond acceptors (Lipinski definition) is 5. The van der Waals surface area contributed by atoms with Gasteiger partial charge in [0.1, 0.15) is 17.3 Å². The Bertz CT molecular complexity index is 1010. The molecular formula is C24H31F4N5O2. The van der Waals surface area contributed by atoms with Crippen molar-refractivity contribution >= 4 is 11.9 Å². The number of hydrogen-bond donors (Lipinski definition) is 2. The highest BCUT2D eigenvalue weighted by Crippen LogP contribution is 2.46. The molecule has 2 saturated heterocycles. The summed E-state index contributed by atoms with van der Waals surface area (Å²) in [5.41, 5.74) is 3.80. The van der Waals surface area contributed by atoms with E-state index in [1.807, 2.05) is 20.2 Å². The Kier molecular flexibility index (Phi) is 6.85. The second kappa shape index (κ2) is 9.42. The first-order valence-electron chi connectivity index (χ1n) is 11.6. The van der Waals surface area contributed by atoms with Gasteiger partial charge < -0.3 is 15.8 Å². The molecule has 2 amide bonds. The highest BCUT2D eigenvalue weighted by molar-refractivity contribution is 6.05. The maximum absolute atomic E-state index is 14.0. The molecule has 3 fully saturated rings. The number of nitrogens with zero attached hydrogens (tertiary/aromatic N) is 3. The number of amidine groups is 1. The Morgan fingerprint density at radius 3 is 2.51 bits per heavy atom. The monoisotopic (exact) mass is 497 g/mol. The van der Waals surface area contributed by atoms with Crippen LogP contribution in [-0.2, 0) is 10.3 Å². The molecule has 0 radical (unpaired) electrons. The molecule has 0 bridgehead atoms. The van der Waals surface area contributed by atoms with Crippen molar-refractivity contribution in [2.45, 2.75) is 42.9 Å². The fraction of sp³-hybridized carbons (Fsp3) is 0.583. The van der Waals surface area contributed by atoms with Crippen molar-refractivity contribution in [3.8, 4) is 0 Å². The molecule has 11 heteroatoms. The molecule has 0 atom stereocenters. The van der Waals surface area contributed by atoms with E-state index in [-0.39, 0.29) is 30.7 Å². The van der Waals surface area contributed by atoms with Gasteiger partial charge in [-0.25, -0.2) is 9.18 Å². The Hall–Kier alpha value is -2.66. The van der Waals surface area contributed by atoms with Crippen LogP contribution in [0, 0.1) is 11.7 Å². The minimum atomic E-state index is -4.73. The fourth-order valence-corrected chi connectivity index (χ4v) is 5.13. The number of benzene rings is 1. The highest BCUT2D eigenvalue weighted by atomic mass is 19.4. The average molecular weight is 498 g/mol. The number of nitrogens with one attached hydrogen (secondary N) is 1. The second-order valence-corrected chi connectivity index (χ2v) is 9.93. The molecule has 192 valence electrons. The molecule has 1 spiro atoms. The third-order valence-corrected chi connectivity index (χ3v) is 7.44. The van der Waals surface area contributed by atoms with E-state index in [0.717, 1.165) is 11.6 Å². The van der Waals surface area contributed by atoms with Crippen molar-refractivity contribution in [3.05, 3.63) is 47.4 Å². The summed E-state index contributed by atoms with van der Waals surface area (Å²) in [6.07, 6.45) is -1.56. The number of ether oxygens (including phenoxy) is 1. The van der Waals surface area contributed by atoms with Gasteiger partial charge in [0.05, 0.1) is 25.3 Å². The number of alkyl halides is 3. The van der Waals surface area contributed by atoms with Crippen LogP contribution >= 0.6 is 0 Å². The summed E-state index contributed by atoms with van der Waals surface area (Å²) < 4.78 is 58.6. The molecule has 4 rings (SSSR count). The lowest BCUT2D eigenvalue weighted by molar-refractivity contribution is -0.0925. The minimum absolute atomic E-state index is 0.101. The molecule has 1 aromatic carbocycles. The maximum atomic E-state index is 14.0. The highest BCUT2D eigenvalue weighted by Gasteiger charge is 2.51. The van der Waals surface area contributed by atoms with Gasteiger partial charge in [-0.2, -0.15) is 13.2 Å². The van der Waals surface area contributed by atoms with Crippen LogP contribution in [0.3, 0.4) is 0 Å². The number of carbonyl (C=O) groups is 1. The van der Waals surface area contributed by atoms with Crippen LogP contribution in [0.5, 0.6) is 0 Å². The van der Waals surface area contributed by atoms with Crippen LogP contribution in [0.1, 0.15) is 31.2 Å². The predicted octanol–water partition coefficient (Wildman–Crippen LogP) is 3.37. The number of halogens is 4. The van der Waals surface area contributed by atoms with Crippen LogP contribution in [0.25, 0.3) is 0 Å². The number of urea groups is 1. The summed E-state index contributed by atoms with van der Waals surface area (Å²) in [6, 6.07) is 6.04. The molecule has 3 aliphatic rings. The standard InChI is InChI=1S/C24H31F4N5O2/c1-32(2)23(17-4-3-5-18(25)10-17)8-6-22(7-9-23)15-33(21(34)31-22)20(11-19(29)24(26,27)28)30-12-16-13-35-14-16/h3-5,10-11,16H,6-9,12-15,29H2,1-2H3,(H,31,34). The van der Waals surface area contributed by atoms with Crippen LogP contribution in [-0.4, -0.2) is 73.8 Å². The number of rotatable bonds is 5. The molecule has 2 aliphatic heterocycles. The van der Waals surface area contributed by atoms with E-state index in [9.17, 15) is 22.4 Å². The first-order valence-corrected chi connectivity index (χ1v) is 11.6. The predicted molar refractivity (Wildman–Crippen MR) is 123 cm³/mol. The van der Waals surface area contributed by atoms with Crippen LogP contribution in [0.15, 0.2) is 41.0 Å². The lowest BCUT2D eigenvalue weighted by atomic mass is 9.69. The first kappa shape index (κ1) is 25.4. The summed E-state index contributed by atoms with van der Waals surface area (Å²) in [5, 5.41) is 3.00. The van der Waals surface area contributed by atoms with Crippen LogP contribution < -0.4 is 11.1 Å². The van der Waals surface area contributed by atoms with E-state index < -0.39 is 29.0 Å². The van der Waals surface area contributed by atoms with Gasteiger partial charge in [-0.1, -0.05) is 12.1 Å². The Labute approximate surface area is 202 Å². The molecule has 7 nitrogen and oxygen atoms in total. The summed E-state index contributed by atoms with van der Waals surface area (Å²) in [7, 11) is 3.89. The Balaban J connectivity index is 1.56. The summed E-state index contributed by atoms with van der Waals surface area (Å²) in [6.45, 7) is 1.40. The zero-order chi connectivity index (χ0) is 25.4. The van der Waals surface area contributed by atoms with Crippen LogP contribution in [0.4, 0.5) is 22.4 Å². The molecule has 2 heterocycles. The number of nitrogens with two attached hydrogens (primary N) is 1. The van der Waals surface area contributed by atoms with E-state index in [2.05, 4.69) is 15.2 Å². The van der Waals surface area contributed by atoms with Crippen molar-refractivity contribution in [3.63, 3.8) is 0 Å². The van der Waals surface area contributed by atoms with Gasteiger partial charge in [0.15, 0.2) is 0 Å². The normalized spacial score (nSPS) is 28.5. The molecule has 35 heavy (non-hydrogen) atoms. The molecule has 1 aromatic rings. The summed E-state index contributed by atoms with van der Waals surface area (Å²) in [5.74, 6) is -0.307. The number of allylic oxidation sites excluding steroid dienone is 1. The van der Waals surface area contributed by atoms with Gasteiger partial charge in [-0.05, 0) is 57.5 Å². The molecule has 0 aromatic heterocycles. The second-order valence-electron chi connectivity index (χ2n) is 9.93. The van der Waals surface area contributed by atoms with Crippen molar-refractivity contribution in [1.29, 1.82) is 0 Å². The van der Waals surface area contributed by atoms with Gasteiger partial charge in [0, 0.05) is 24.1 Å². The SMILES string of the molecule is CN(C)C1(c2cccc(F)c2)CCC2(CC1)CN(C(C=C(N)C(F)(F)F)=NCC1COC1)C(=O)N2. The minimum Gasteiger partial charge on any atom is -0.395 e. The number of aliphatic imine (C=N–C) groups is 1. The van der Waals surface area contributed by atoms with Gasteiger partial charge in [-0.15, -0.1) is 0 Å². The summed E-state index contributed by atoms with van der Waals surface area (Å²) >= 11 is 0. The van der Waals surface area contributed by atoms with Gasteiger partial charge >= 0.3 is 12.2 Å². The van der Waals surface area contributed by atoms with Crippen LogP contribution in [0.2, 0.25) is 0 Å². The van der Waals surface area contributed by atoms with E-state index in [1.54, 1.807) is 6.07 Å². The van der Waals surface area contributed by atoms with Crippen molar-refractivity contribution < 1.29 is 27.1 Å². The number of amides is 2. The largest absolute Gasteiger partial charge is 0.430 e. The third kappa shape index (κ3) is 5.16. The lowest BCUT2D eigenvalue weighted by Gasteiger charge is -2.48. The smallest absolute Gasteiger partial charge is 0.395 e. The van der Waals surface area contributed by atoms with Crippen molar-refractivity contribution in [2.75, 3.05) is 40.4 Å². The first-order chi connectivity index (χ1) is 16.4. The molecule has 1 saturated carbocycles. The fourth-order valence-electron chi connectivity index (χ4n) is 5.13. The maximum Gasteiger partial charge on any atom is 0.430 e. The topological polar surface area (TPSA) is 83.2 Å². The number of carbonyl (C=O) groups excluding carboxylic acids is 1. The van der Waals surface area contributed by atoms with Gasteiger partial charge in [0.2, 0.25) is 0 Å². The van der Waals surface area contributed by atoms with Crippen molar-refractivity contribution in [2.24, 2.45) is 16.6 Å². The lowest BCUT2D eigenvalue weighted by Crippen LogP contribution is -2.54. The van der Waals surface area contributed by atoms with E-state index in [1.165, 1.54) is 17.0 Å². The molecular weight excluding hydrogens is 466 g/mol. The van der Waals surface area contributed by atoms with Gasteiger partial charge in [0.25, 0.3) is 0 Å². The Morgan fingerprint density at radius 2 is 1.97 bits per heavy atom. The average Bonchev–Trinajstić information content (AvgIpc) is 3.07. The van der Waals surface area contributed by atoms with Gasteiger partial charge in [-0.3, -0.25) is 14.8 Å². The molecule has 0 unspecified atom stereocenters. The van der Waals surface area contributed by atoms with E-state index in [0.29, 0.717) is 38.9 Å².